The first-order valence-electron chi connectivity index (χ1n) is 9.91. The molecule has 1 aromatic carbocycles. The van der Waals surface area contributed by atoms with Gasteiger partial charge in [-0.15, -0.1) is 11.3 Å². The maximum absolute atomic E-state index is 12.8. The molecule has 2 aromatic rings. The van der Waals surface area contributed by atoms with E-state index < -0.39 is 40.4 Å². The van der Waals surface area contributed by atoms with Gasteiger partial charge in [-0.3, -0.25) is 9.59 Å². The Balaban J connectivity index is 1.48. The summed E-state index contributed by atoms with van der Waals surface area (Å²) in [5, 5.41) is 4.15. The standard InChI is InChI=1S/C21H24N2O7S2/c1-14-3-5-16(6-4-14)32(27,28)23-10-7-15(8-11-23)20(25)30-13-18(24)22-17-9-12-31-19(17)21(26)29-2/h3-6,9,12,15H,7-8,10-11,13H2,1-2H3,(H,22,24). The molecule has 1 fully saturated rings. The predicted octanol–water partition coefficient (Wildman–Crippen LogP) is 2.43. The summed E-state index contributed by atoms with van der Waals surface area (Å²) in [6.07, 6.45) is 0.616. The third kappa shape index (κ3) is 5.53. The summed E-state index contributed by atoms with van der Waals surface area (Å²) in [5.74, 6) is -2.19. The molecule has 0 unspecified atom stereocenters. The average Bonchev–Trinajstić information content (AvgIpc) is 3.25. The Morgan fingerprint density at radius 3 is 2.41 bits per heavy atom. The van der Waals surface area contributed by atoms with Crippen LogP contribution in [0.25, 0.3) is 0 Å². The van der Waals surface area contributed by atoms with Crippen molar-refractivity contribution < 1.29 is 32.3 Å². The van der Waals surface area contributed by atoms with Crippen LogP contribution in [-0.2, 0) is 29.1 Å². The molecular formula is C21H24N2O7S2. The zero-order chi connectivity index (χ0) is 23.3. The molecule has 2 heterocycles. The van der Waals surface area contributed by atoms with Crippen molar-refractivity contribution in [3.05, 3.63) is 46.2 Å². The molecule has 9 nitrogen and oxygen atoms in total. The molecule has 11 heteroatoms. The highest BCUT2D eigenvalue weighted by atomic mass is 32.2. The van der Waals surface area contributed by atoms with Gasteiger partial charge < -0.3 is 14.8 Å². The van der Waals surface area contributed by atoms with Crippen LogP contribution in [0.15, 0.2) is 40.6 Å². The first-order valence-corrected chi connectivity index (χ1v) is 12.2. The van der Waals surface area contributed by atoms with Crippen LogP contribution in [0.1, 0.15) is 28.1 Å². The smallest absolute Gasteiger partial charge is 0.350 e. The van der Waals surface area contributed by atoms with Gasteiger partial charge in [-0.2, -0.15) is 4.31 Å². The van der Waals surface area contributed by atoms with Crippen LogP contribution in [0.2, 0.25) is 0 Å². The van der Waals surface area contributed by atoms with E-state index >= 15 is 0 Å². The number of aryl methyl sites for hydroxylation is 1. The fourth-order valence-corrected chi connectivity index (χ4v) is 5.53. The first-order chi connectivity index (χ1) is 15.2. The molecular weight excluding hydrogens is 456 g/mol. The van der Waals surface area contributed by atoms with E-state index in [9.17, 15) is 22.8 Å². The summed E-state index contributed by atoms with van der Waals surface area (Å²) in [6.45, 7) is 1.77. The third-order valence-corrected chi connectivity index (χ3v) is 7.91. The minimum atomic E-state index is -3.62. The Kier molecular flexibility index (Phi) is 7.64. The number of anilines is 1. The van der Waals surface area contributed by atoms with Gasteiger partial charge >= 0.3 is 11.9 Å². The second-order valence-electron chi connectivity index (χ2n) is 7.30. The van der Waals surface area contributed by atoms with Crippen molar-refractivity contribution >= 4 is 44.9 Å². The van der Waals surface area contributed by atoms with Gasteiger partial charge in [-0.05, 0) is 43.3 Å². The number of carbonyl (C=O) groups is 3. The van der Waals surface area contributed by atoms with Crippen LogP contribution in [0.4, 0.5) is 5.69 Å². The first kappa shape index (κ1) is 23.9. The monoisotopic (exact) mass is 480 g/mol. The highest BCUT2D eigenvalue weighted by Gasteiger charge is 2.33. The number of benzene rings is 1. The Morgan fingerprint density at radius 1 is 1.12 bits per heavy atom. The lowest BCUT2D eigenvalue weighted by atomic mass is 9.98. The minimum absolute atomic E-state index is 0.194. The Labute approximate surface area is 190 Å². The van der Waals surface area contributed by atoms with Crippen LogP contribution in [0, 0.1) is 12.8 Å². The number of esters is 2. The van der Waals surface area contributed by atoms with E-state index in [-0.39, 0.29) is 28.5 Å². The van der Waals surface area contributed by atoms with E-state index in [1.807, 2.05) is 6.92 Å². The number of ether oxygens (including phenoxy) is 2. The van der Waals surface area contributed by atoms with E-state index in [4.69, 9.17) is 4.74 Å². The number of sulfonamides is 1. The van der Waals surface area contributed by atoms with Crippen molar-refractivity contribution in [2.45, 2.75) is 24.7 Å². The summed E-state index contributed by atoms with van der Waals surface area (Å²) in [5.41, 5.74) is 1.26. The summed E-state index contributed by atoms with van der Waals surface area (Å²) in [6, 6.07) is 8.19. The molecule has 0 atom stereocenters. The normalized spacial score (nSPS) is 15.2. The van der Waals surface area contributed by atoms with Gasteiger partial charge in [0.1, 0.15) is 4.88 Å². The van der Waals surface area contributed by atoms with Crippen molar-refractivity contribution in [1.82, 2.24) is 4.31 Å². The lowest BCUT2D eigenvalue weighted by Gasteiger charge is -2.30. The lowest BCUT2D eigenvalue weighted by Crippen LogP contribution is -2.40. The summed E-state index contributed by atoms with van der Waals surface area (Å²) in [4.78, 5) is 36.6. The van der Waals surface area contributed by atoms with E-state index in [1.54, 1.807) is 35.7 Å². The largest absolute Gasteiger partial charge is 0.465 e. The highest BCUT2D eigenvalue weighted by molar-refractivity contribution is 7.89. The van der Waals surface area contributed by atoms with Gasteiger partial charge in [0.25, 0.3) is 5.91 Å². The predicted molar refractivity (Wildman–Crippen MR) is 118 cm³/mol. The van der Waals surface area contributed by atoms with E-state index in [1.165, 1.54) is 11.4 Å². The summed E-state index contributed by atoms with van der Waals surface area (Å²) >= 11 is 1.12. The fraction of sp³-hybridized carbons (Fsp3) is 0.381. The number of piperidine rings is 1. The number of amides is 1. The molecule has 0 bridgehead atoms. The number of thiophene rings is 1. The number of hydrogen-bond acceptors (Lipinski definition) is 8. The molecule has 172 valence electrons. The number of nitrogens with one attached hydrogen (secondary N) is 1. The maximum Gasteiger partial charge on any atom is 0.350 e. The number of methoxy groups -OCH3 is 1. The van der Waals surface area contributed by atoms with Gasteiger partial charge in [-0.1, -0.05) is 17.7 Å². The molecule has 3 rings (SSSR count). The van der Waals surface area contributed by atoms with Crippen molar-refractivity contribution in [2.24, 2.45) is 5.92 Å². The second-order valence-corrected chi connectivity index (χ2v) is 10.2. The number of rotatable bonds is 7. The molecule has 0 aliphatic carbocycles. The van der Waals surface area contributed by atoms with Crippen molar-refractivity contribution in [3.63, 3.8) is 0 Å². The van der Waals surface area contributed by atoms with Gasteiger partial charge in [0.2, 0.25) is 10.0 Å². The van der Waals surface area contributed by atoms with Gasteiger partial charge in [0.15, 0.2) is 6.61 Å². The van der Waals surface area contributed by atoms with Crippen LogP contribution in [-0.4, -0.2) is 57.4 Å². The molecule has 0 radical (unpaired) electrons. The van der Waals surface area contributed by atoms with Gasteiger partial charge in [0, 0.05) is 13.1 Å². The van der Waals surface area contributed by atoms with Gasteiger partial charge in [-0.25, -0.2) is 13.2 Å². The molecule has 1 saturated heterocycles. The van der Waals surface area contributed by atoms with E-state index in [2.05, 4.69) is 10.1 Å². The molecule has 1 aromatic heterocycles. The van der Waals surface area contributed by atoms with Crippen molar-refractivity contribution in [1.29, 1.82) is 0 Å². The molecule has 32 heavy (non-hydrogen) atoms. The summed E-state index contributed by atoms with van der Waals surface area (Å²) in [7, 11) is -2.37. The van der Waals surface area contributed by atoms with Crippen molar-refractivity contribution in [2.75, 3.05) is 32.1 Å². The van der Waals surface area contributed by atoms with Crippen LogP contribution >= 0.6 is 11.3 Å². The molecule has 0 saturated carbocycles. The zero-order valence-corrected chi connectivity index (χ0v) is 19.3. The molecule has 0 spiro atoms. The van der Waals surface area contributed by atoms with Crippen LogP contribution in [0.3, 0.4) is 0 Å². The highest BCUT2D eigenvalue weighted by Crippen LogP contribution is 2.25. The maximum atomic E-state index is 12.8. The zero-order valence-electron chi connectivity index (χ0n) is 17.7. The molecule has 1 N–H and O–H groups in total. The number of nitrogens with zero attached hydrogens (tertiary/aromatic N) is 1. The Bertz CT molecular complexity index is 1090. The fourth-order valence-electron chi connectivity index (χ4n) is 3.29. The molecule has 1 aliphatic heterocycles. The Hall–Kier alpha value is -2.76. The lowest BCUT2D eigenvalue weighted by molar-refractivity contribution is -0.152. The van der Waals surface area contributed by atoms with Gasteiger partial charge in [0.05, 0.1) is 23.6 Å². The van der Waals surface area contributed by atoms with Crippen LogP contribution in [0.5, 0.6) is 0 Å². The topological polar surface area (TPSA) is 119 Å². The Morgan fingerprint density at radius 2 is 1.78 bits per heavy atom. The molecule has 1 aliphatic rings. The summed E-state index contributed by atoms with van der Waals surface area (Å²) < 4.78 is 36.6. The second kappa shape index (κ2) is 10.2. The molecule has 1 amide bonds. The number of carbonyl (C=O) groups excluding carboxylic acids is 3. The van der Waals surface area contributed by atoms with Crippen LogP contribution < -0.4 is 5.32 Å². The quantitative estimate of drug-likeness (QED) is 0.605. The third-order valence-electron chi connectivity index (χ3n) is 5.10. The van der Waals surface area contributed by atoms with E-state index in [0.29, 0.717) is 12.8 Å². The average molecular weight is 481 g/mol. The van der Waals surface area contributed by atoms with E-state index in [0.717, 1.165) is 16.9 Å². The SMILES string of the molecule is COC(=O)c1sccc1NC(=O)COC(=O)C1CCN(S(=O)(=O)c2ccc(C)cc2)CC1. The minimum Gasteiger partial charge on any atom is -0.465 e. The number of hydrogen-bond donors (Lipinski definition) is 1. The van der Waals surface area contributed by atoms with Crippen molar-refractivity contribution in [3.8, 4) is 0 Å².